The summed E-state index contributed by atoms with van der Waals surface area (Å²) in [6.45, 7) is 11.4. The van der Waals surface area contributed by atoms with Crippen molar-refractivity contribution in [2.45, 2.75) is 39.0 Å². The van der Waals surface area contributed by atoms with Gasteiger partial charge >= 0.3 is 0 Å². The minimum absolute atomic E-state index is 0. The van der Waals surface area contributed by atoms with Gasteiger partial charge in [-0.05, 0) is 78.4 Å². The summed E-state index contributed by atoms with van der Waals surface area (Å²) in [5.74, 6) is 0.298. The summed E-state index contributed by atoms with van der Waals surface area (Å²) in [4.78, 5) is 20.3. The smallest absolute Gasteiger partial charge is 0.259 e. The normalized spacial score (nSPS) is 14.5. The maximum atomic E-state index is 13.4. The highest BCUT2D eigenvalue weighted by Crippen LogP contribution is 2.30. The summed E-state index contributed by atoms with van der Waals surface area (Å²) in [7, 11) is 0. The number of anilines is 3. The largest absolute Gasteiger partial charge is 0.379 e. The number of aromatic amines is 1. The number of pyridine rings is 1. The first-order chi connectivity index (χ1) is 18.4. The molecule has 3 N–H and O–H groups in total. The van der Waals surface area contributed by atoms with Gasteiger partial charge in [0.15, 0.2) is 0 Å². The Bertz CT molecular complexity index is 1410. The van der Waals surface area contributed by atoms with Gasteiger partial charge in [-0.3, -0.25) is 14.8 Å². The third-order valence-electron chi connectivity index (χ3n) is 6.95. The quantitative estimate of drug-likeness (QED) is 0.277. The molecule has 1 saturated heterocycles. The Kier molecular flexibility index (Phi) is 7.72. The first kappa shape index (κ1) is 25.9. The van der Waals surface area contributed by atoms with Crippen molar-refractivity contribution in [1.82, 2.24) is 20.1 Å². The number of aromatic nitrogens is 3. The first-order valence-corrected chi connectivity index (χ1v) is 13.3. The molecule has 0 unspecified atom stereocenters. The Labute approximate surface area is 225 Å². The molecule has 8 heteroatoms. The van der Waals surface area contributed by atoms with E-state index in [1.807, 2.05) is 24.3 Å². The predicted octanol–water partition coefficient (Wildman–Crippen LogP) is 5.76. The number of carbonyl (C=O) groups excluding carboxylic acids is 1. The lowest BCUT2D eigenvalue weighted by Gasteiger charge is -2.27. The highest BCUT2D eigenvalue weighted by atomic mass is 16.5. The standard InChI is InChI=1S/C30H36N6O2.H2/c1-30(2,3)26-11-10-23(18-21(26)6-5-13-36-14-16-38-17-15-36)34-29(37)25-7-4-12-31-28(25)33-24-9-8-22-20-32-35-27(22)19-24;/h4,7-12,18-20H,5-6,13-17H2,1-3H3,(H,31,33)(H,32,35)(H,34,37);1H. The van der Waals surface area contributed by atoms with Gasteiger partial charge in [-0.1, -0.05) is 26.8 Å². The number of hydrogen-bond acceptors (Lipinski definition) is 6. The molecule has 1 amide bonds. The van der Waals surface area contributed by atoms with E-state index in [0.717, 1.165) is 68.0 Å². The molecule has 38 heavy (non-hydrogen) atoms. The number of benzene rings is 2. The number of nitrogens with zero attached hydrogens (tertiary/aromatic N) is 3. The zero-order valence-corrected chi connectivity index (χ0v) is 22.4. The second-order valence-electron chi connectivity index (χ2n) is 10.8. The summed E-state index contributed by atoms with van der Waals surface area (Å²) >= 11 is 0. The van der Waals surface area contributed by atoms with E-state index in [4.69, 9.17) is 4.74 Å². The van der Waals surface area contributed by atoms with Crippen molar-refractivity contribution >= 4 is 34.0 Å². The lowest BCUT2D eigenvalue weighted by atomic mass is 9.82. The Balaban J connectivity index is 0.00000353. The van der Waals surface area contributed by atoms with Gasteiger partial charge in [-0.2, -0.15) is 5.10 Å². The van der Waals surface area contributed by atoms with Crippen LogP contribution in [0.25, 0.3) is 10.9 Å². The molecule has 5 rings (SSSR count). The second kappa shape index (κ2) is 11.3. The average Bonchev–Trinajstić information content (AvgIpc) is 3.37. The SMILES string of the molecule is CC(C)(C)c1ccc(NC(=O)c2cccnc2Nc2ccc3cn[nH]c3c2)cc1CCCN1CCOCC1.[HH]. The number of carbonyl (C=O) groups is 1. The molecule has 3 heterocycles. The van der Waals surface area contributed by atoms with Crippen molar-refractivity contribution < 1.29 is 11.0 Å². The third kappa shape index (κ3) is 6.20. The minimum atomic E-state index is -0.203. The topological polar surface area (TPSA) is 95.2 Å². The van der Waals surface area contributed by atoms with Crippen LogP contribution in [0, 0.1) is 0 Å². The van der Waals surface area contributed by atoms with Crippen LogP contribution in [0.15, 0.2) is 60.9 Å². The van der Waals surface area contributed by atoms with E-state index >= 15 is 0 Å². The summed E-state index contributed by atoms with van der Waals surface area (Å²) in [5, 5.41) is 14.5. The molecule has 1 aliphatic rings. The van der Waals surface area contributed by atoms with Crippen LogP contribution in [-0.2, 0) is 16.6 Å². The molecule has 1 fully saturated rings. The van der Waals surface area contributed by atoms with Crippen LogP contribution < -0.4 is 10.6 Å². The third-order valence-corrected chi connectivity index (χ3v) is 6.95. The Morgan fingerprint density at radius 1 is 1.11 bits per heavy atom. The van der Waals surface area contributed by atoms with Crippen LogP contribution in [0.5, 0.6) is 0 Å². The van der Waals surface area contributed by atoms with Gasteiger partial charge in [-0.25, -0.2) is 4.98 Å². The average molecular weight is 515 g/mol. The van der Waals surface area contributed by atoms with Gasteiger partial charge in [0, 0.05) is 37.5 Å². The molecule has 0 saturated carbocycles. The van der Waals surface area contributed by atoms with Gasteiger partial charge in [-0.15, -0.1) is 0 Å². The van der Waals surface area contributed by atoms with Gasteiger partial charge in [0.1, 0.15) is 5.82 Å². The number of amides is 1. The van der Waals surface area contributed by atoms with E-state index in [1.165, 1.54) is 11.1 Å². The van der Waals surface area contributed by atoms with Crippen LogP contribution in [0.3, 0.4) is 0 Å². The molecule has 2 aromatic carbocycles. The number of hydrogen-bond donors (Lipinski definition) is 3. The number of aryl methyl sites for hydroxylation is 1. The highest BCUT2D eigenvalue weighted by Gasteiger charge is 2.20. The fourth-order valence-electron chi connectivity index (χ4n) is 4.97. The molecule has 2 aromatic heterocycles. The summed E-state index contributed by atoms with van der Waals surface area (Å²) in [6.07, 6.45) is 5.49. The highest BCUT2D eigenvalue weighted by molar-refractivity contribution is 6.08. The zero-order valence-electron chi connectivity index (χ0n) is 22.4. The Morgan fingerprint density at radius 3 is 2.74 bits per heavy atom. The summed E-state index contributed by atoms with van der Waals surface area (Å²) in [5.41, 5.74) is 5.62. The van der Waals surface area contributed by atoms with E-state index < -0.39 is 0 Å². The molecule has 8 nitrogen and oxygen atoms in total. The molecule has 200 valence electrons. The maximum absolute atomic E-state index is 13.4. The number of nitrogens with one attached hydrogen (secondary N) is 3. The fraction of sp³-hybridized carbons (Fsp3) is 0.367. The van der Waals surface area contributed by atoms with Crippen LogP contribution in [0.1, 0.15) is 50.1 Å². The lowest BCUT2D eigenvalue weighted by molar-refractivity contribution is 0.0374. The number of rotatable bonds is 8. The number of morpholine rings is 1. The monoisotopic (exact) mass is 514 g/mol. The molecule has 0 spiro atoms. The molecular weight excluding hydrogens is 476 g/mol. The summed E-state index contributed by atoms with van der Waals surface area (Å²) < 4.78 is 5.48. The van der Waals surface area contributed by atoms with E-state index in [1.54, 1.807) is 24.5 Å². The van der Waals surface area contributed by atoms with E-state index in [2.05, 4.69) is 63.6 Å². The second-order valence-corrected chi connectivity index (χ2v) is 10.8. The number of H-pyrrole nitrogens is 1. The minimum Gasteiger partial charge on any atom is -0.379 e. The van der Waals surface area contributed by atoms with Crippen molar-refractivity contribution in [2.75, 3.05) is 43.5 Å². The van der Waals surface area contributed by atoms with Crippen LogP contribution >= 0.6 is 0 Å². The van der Waals surface area contributed by atoms with Crippen molar-refractivity contribution in [2.24, 2.45) is 0 Å². The summed E-state index contributed by atoms with van der Waals surface area (Å²) in [6, 6.07) is 15.7. The van der Waals surface area contributed by atoms with E-state index in [-0.39, 0.29) is 12.7 Å². The van der Waals surface area contributed by atoms with Gasteiger partial charge in [0.2, 0.25) is 0 Å². The molecule has 4 aromatic rings. The zero-order chi connectivity index (χ0) is 26.5. The van der Waals surface area contributed by atoms with Crippen LogP contribution in [0.4, 0.5) is 17.2 Å². The lowest BCUT2D eigenvalue weighted by Crippen LogP contribution is -2.37. The van der Waals surface area contributed by atoms with Crippen LogP contribution in [0.2, 0.25) is 0 Å². The molecule has 0 atom stereocenters. The molecule has 1 aliphatic heterocycles. The van der Waals surface area contributed by atoms with Crippen LogP contribution in [-0.4, -0.2) is 58.8 Å². The van der Waals surface area contributed by atoms with Crippen molar-refractivity contribution in [3.05, 3.63) is 77.6 Å². The molecule has 0 radical (unpaired) electrons. The number of fused-ring (bicyclic) bond motifs is 1. The Hall–Kier alpha value is -3.75. The van der Waals surface area contributed by atoms with Gasteiger partial charge in [0.05, 0.1) is 30.5 Å². The molecular formula is C30H38N6O2. The van der Waals surface area contributed by atoms with Gasteiger partial charge < -0.3 is 15.4 Å². The predicted molar refractivity (Wildman–Crippen MR) is 154 cm³/mol. The fourth-order valence-corrected chi connectivity index (χ4v) is 4.97. The molecule has 0 bridgehead atoms. The van der Waals surface area contributed by atoms with E-state index in [9.17, 15) is 4.79 Å². The maximum Gasteiger partial charge on any atom is 0.259 e. The van der Waals surface area contributed by atoms with Crippen molar-refractivity contribution in [3.63, 3.8) is 0 Å². The number of ether oxygens (including phenoxy) is 1. The first-order valence-electron chi connectivity index (χ1n) is 13.3. The van der Waals surface area contributed by atoms with E-state index in [0.29, 0.717) is 11.4 Å². The van der Waals surface area contributed by atoms with Gasteiger partial charge in [0.25, 0.3) is 5.91 Å². The molecule has 0 aliphatic carbocycles. The Morgan fingerprint density at radius 2 is 1.92 bits per heavy atom. The van der Waals surface area contributed by atoms with Crippen molar-refractivity contribution in [3.8, 4) is 0 Å². The van der Waals surface area contributed by atoms with Crippen molar-refractivity contribution in [1.29, 1.82) is 0 Å².